The average Bonchev–Trinajstić information content (AvgIpc) is 2.99. The van der Waals surface area contributed by atoms with Gasteiger partial charge in [0.2, 0.25) is 0 Å². The maximum Gasteiger partial charge on any atom is 0.255 e. The van der Waals surface area contributed by atoms with E-state index in [1.54, 1.807) is 12.1 Å². The SMILES string of the molecule is N#CC1c2c(Cl)cc(Cl)cc2C(=O)N1CC1CCCO1. The van der Waals surface area contributed by atoms with Crippen LogP contribution in [0.15, 0.2) is 12.1 Å². The molecule has 2 heterocycles. The number of benzene rings is 1. The topological polar surface area (TPSA) is 53.3 Å². The Labute approximate surface area is 126 Å². The Kier molecular flexibility index (Phi) is 3.59. The molecule has 4 nitrogen and oxygen atoms in total. The summed E-state index contributed by atoms with van der Waals surface area (Å²) < 4.78 is 5.55. The summed E-state index contributed by atoms with van der Waals surface area (Å²) in [7, 11) is 0. The van der Waals surface area contributed by atoms with Gasteiger partial charge in [-0.2, -0.15) is 5.26 Å². The van der Waals surface area contributed by atoms with Gasteiger partial charge in [0.05, 0.1) is 12.2 Å². The third-order valence-electron chi connectivity index (χ3n) is 3.72. The van der Waals surface area contributed by atoms with Gasteiger partial charge < -0.3 is 9.64 Å². The second-order valence-electron chi connectivity index (χ2n) is 4.97. The van der Waals surface area contributed by atoms with Crippen LogP contribution < -0.4 is 0 Å². The smallest absolute Gasteiger partial charge is 0.255 e. The summed E-state index contributed by atoms with van der Waals surface area (Å²) in [5, 5.41) is 10.2. The van der Waals surface area contributed by atoms with E-state index < -0.39 is 6.04 Å². The molecule has 0 aliphatic carbocycles. The molecule has 2 aliphatic heterocycles. The molecule has 2 atom stereocenters. The highest BCUT2D eigenvalue weighted by Crippen LogP contribution is 2.40. The monoisotopic (exact) mass is 310 g/mol. The number of halogens is 2. The van der Waals surface area contributed by atoms with Gasteiger partial charge in [0, 0.05) is 34.3 Å². The summed E-state index contributed by atoms with van der Waals surface area (Å²) >= 11 is 12.1. The van der Waals surface area contributed by atoms with Gasteiger partial charge in [-0.25, -0.2) is 0 Å². The molecular weight excluding hydrogens is 299 g/mol. The van der Waals surface area contributed by atoms with Gasteiger partial charge in [-0.15, -0.1) is 0 Å². The number of ether oxygens (including phenoxy) is 1. The number of fused-ring (bicyclic) bond motifs is 1. The summed E-state index contributed by atoms with van der Waals surface area (Å²) in [6, 6.07) is 4.64. The Morgan fingerprint density at radius 2 is 2.25 bits per heavy atom. The molecule has 6 heteroatoms. The van der Waals surface area contributed by atoms with Crippen molar-refractivity contribution in [3.63, 3.8) is 0 Å². The molecule has 0 saturated carbocycles. The minimum absolute atomic E-state index is 0.00152. The number of nitriles is 1. The second kappa shape index (κ2) is 5.25. The number of carbonyl (C=O) groups is 1. The number of nitrogens with zero attached hydrogens (tertiary/aromatic N) is 2. The minimum atomic E-state index is -0.661. The van der Waals surface area contributed by atoms with Crippen LogP contribution >= 0.6 is 23.2 Å². The fourth-order valence-electron chi connectivity index (χ4n) is 2.80. The van der Waals surface area contributed by atoms with E-state index in [9.17, 15) is 10.1 Å². The van der Waals surface area contributed by atoms with Crippen LogP contribution in [0.5, 0.6) is 0 Å². The highest BCUT2D eigenvalue weighted by atomic mass is 35.5. The first-order chi connectivity index (χ1) is 9.61. The first-order valence-electron chi connectivity index (χ1n) is 6.43. The third kappa shape index (κ3) is 2.16. The Balaban J connectivity index is 1.96. The van der Waals surface area contributed by atoms with E-state index in [1.807, 2.05) is 0 Å². The van der Waals surface area contributed by atoms with Gasteiger partial charge in [-0.3, -0.25) is 4.79 Å². The number of rotatable bonds is 2. The van der Waals surface area contributed by atoms with Gasteiger partial charge in [0.25, 0.3) is 5.91 Å². The van der Waals surface area contributed by atoms with Crippen molar-refractivity contribution < 1.29 is 9.53 Å². The van der Waals surface area contributed by atoms with Gasteiger partial charge in [0.1, 0.15) is 6.04 Å². The van der Waals surface area contributed by atoms with Crippen LogP contribution in [0.2, 0.25) is 10.0 Å². The van der Waals surface area contributed by atoms with Crippen molar-refractivity contribution >= 4 is 29.1 Å². The summed E-state index contributed by atoms with van der Waals surface area (Å²) in [6.07, 6.45) is 1.90. The zero-order chi connectivity index (χ0) is 14.3. The molecule has 2 aliphatic rings. The van der Waals surface area contributed by atoms with Crippen molar-refractivity contribution in [3.8, 4) is 6.07 Å². The largest absolute Gasteiger partial charge is 0.376 e. The minimum Gasteiger partial charge on any atom is -0.376 e. The van der Waals surface area contributed by atoms with Crippen molar-refractivity contribution in [1.82, 2.24) is 4.90 Å². The molecule has 0 spiro atoms. The van der Waals surface area contributed by atoms with Crippen molar-refractivity contribution in [1.29, 1.82) is 5.26 Å². The predicted molar refractivity (Wildman–Crippen MR) is 74.8 cm³/mol. The molecule has 0 N–H and O–H groups in total. The predicted octanol–water partition coefficient (Wildman–Crippen LogP) is 3.19. The van der Waals surface area contributed by atoms with E-state index in [2.05, 4.69) is 6.07 Å². The van der Waals surface area contributed by atoms with Gasteiger partial charge in [-0.1, -0.05) is 23.2 Å². The zero-order valence-corrected chi connectivity index (χ0v) is 12.1. The average molecular weight is 311 g/mol. The van der Waals surface area contributed by atoms with E-state index >= 15 is 0 Å². The Morgan fingerprint density at radius 3 is 2.90 bits per heavy atom. The molecule has 0 aromatic heterocycles. The van der Waals surface area contributed by atoms with Crippen LogP contribution in [0.25, 0.3) is 0 Å². The molecule has 104 valence electrons. The van der Waals surface area contributed by atoms with Crippen molar-refractivity contribution in [2.75, 3.05) is 13.2 Å². The van der Waals surface area contributed by atoms with Crippen LogP contribution in [0.1, 0.15) is 34.8 Å². The van der Waals surface area contributed by atoms with E-state index in [0.717, 1.165) is 12.8 Å². The Morgan fingerprint density at radius 1 is 1.45 bits per heavy atom. The maximum absolute atomic E-state index is 12.5. The number of hydrogen-bond acceptors (Lipinski definition) is 3. The van der Waals surface area contributed by atoms with Crippen molar-refractivity contribution in [2.45, 2.75) is 25.0 Å². The molecular formula is C14H12Cl2N2O2. The first kappa shape index (κ1) is 13.7. The van der Waals surface area contributed by atoms with E-state index in [1.165, 1.54) is 4.90 Å². The van der Waals surface area contributed by atoms with Crippen LogP contribution in [0, 0.1) is 11.3 Å². The Hall–Kier alpha value is -1.28. The number of hydrogen-bond donors (Lipinski definition) is 0. The molecule has 1 aromatic carbocycles. The lowest BCUT2D eigenvalue weighted by Gasteiger charge is -2.23. The lowest BCUT2D eigenvalue weighted by atomic mass is 10.1. The van der Waals surface area contributed by atoms with E-state index in [0.29, 0.717) is 34.3 Å². The maximum atomic E-state index is 12.5. The summed E-state index contributed by atoms with van der Waals surface area (Å²) in [6.45, 7) is 1.13. The highest BCUT2D eigenvalue weighted by molar-refractivity contribution is 6.36. The number of amides is 1. The zero-order valence-electron chi connectivity index (χ0n) is 10.6. The fraction of sp³-hybridized carbons (Fsp3) is 0.429. The van der Waals surface area contributed by atoms with Crippen LogP contribution in [0.4, 0.5) is 0 Å². The van der Waals surface area contributed by atoms with Crippen LogP contribution in [-0.2, 0) is 4.74 Å². The summed E-state index contributed by atoms with van der Waals surface area (Å²) in [5.74, 6) is -0.202. The molecule has 3 rings (SSSR count). The van der Waals surface area contributed by atoms with Crippen molar-refractivity contribution in [2.24, 2.45) is 0 Å². The second-order valence-corrected chi connectivity index (χ2v) is 5.82. The van der Waals surface area contributed by atoms with E-state index in [-0.39, 0.29) is 12.0 Å². The van der Waals surface area contributed by atoms with Gasteiger partial charge in [-0.05, 0) is 25.0 Å². The highest BCUT2D eigenvalue weighted by Gasteiger charge is 2.40. The third-order valence-corrected chi connectivity index (χ3v) is 4.25. The first-order valence-corrected chi connectivity index (χ1v) is 7.18. The molecule has 1 fully saturated rings. The standard InChI is InChI=1S/C14H12Cl2N2O2/c15-8-4-10-13(11(16)5-8)12(6-17)18(14(10)19)7-9-2-1-3-20-9/h4-5,9,12H,1-3,7H2. The van der Waals surface area contributed by atoms with Crippen molar-refractivity contribution in [3.05, 3.63) is 33.3 Å². The molecule has 20 heavy (non-hydrogen) atoms. The summed E-state index contributed by atoms with van der Waals surface area (Å²) in [5.41, 5.74) is 0.980. The molecule has 0 bridgehead atoms. The number of carbonyl (C=O) groups excluding carboxylic acids is 1. The van der Waals surface area contributed by atoms with Crippen LogP contribution in [0.3, 0.4) is 0 Å². The normalized spacial score (nSPS) is 24.9. The lowest BCUT2D eigenvalue weighted by molar-refractivity contribution is 0.0512. The molecule has 1 saturated heterocycles. The fourth-order valence-corrected chi connectivity index (χ4v) is 3.39. The van der Waals surface area contributed by atoms with Crippen LogP contribution in [-0.4, -0.2) is 30.1 Å². The molecule has 1 aromatic rings. The quantitative estimate of drug-likeness (QED) is 0.843. The van der Waals surface area contributed by atoms with Gasteiger partial charge >= 0.3 is 0 Å². The molecule has 1 amide bonds. The molecule has 0 radical (unpaired) electrons. The lowest BCUT2D eigenvalue weighted by Crippen LogP contribution is -2.34. The molecule has 2 unspecified atom stereocenters. The van der Waals surface area contributed by atoms with E-state index in [4.69, 9.17) is 27.9 Å². The Bertz CT molecular complexity index is 606. The summed E-state index contributed by atoms with van der Waals surface area (Å²) in [4.78, 5) is 14.0. The van der Waals surface area contributed by atoms with Gasteiger partial charge in [0.15, 0.2) is 0 Å².